The van der Waals surface area contributed by atoms with Crippen molar-refractivity contribution in [3.05, 3.63) is 29.8 Å². The van der Waals surface area contributed by atoms with Crippen molar-refractivity contribution in [3.63, 3.8) is 0 Å². The summed E-state index contributed by atoms with van der Waals surface area (Å²) in [5.41, 5.74) is 1.26. The Morgan fingerprint density at radius 2 is 2.00 bits per heavy atom. The van der Waals surface area contributed by atoms with Crippen LogP contribution in [0.4, 0.5) is 0 Å². The normalized spacial score (nSPS) is 25.9. The fourth-order valence-corrected chi connectivity index (χ4v) is 3.13. The molecule has 2 aliphatic rings. The molecule has 1 aromatic carbocycles. The average molecular weight is 283 g/mol. The molecule has 2 heterocycles. The maximum atomic E-state index is 5.81. The van der Waals surface area contributed by atoms with Gasteiger partial charge in [0.2, 0.25) is 0 Å². The molecule has 0 unspecified atom stereocenters. The number of aryl methyl sites for hydroxylation is 1. The van der Waals surface area contributed by atoms with E-state index in [4.69, 9.17) is 4.74 Å². The van der Waals surface area contributed by atoms with Crippen molar-refractivity contribution in [2.45, 2.75) is 6.92 Å². The van der Waals surface area contributed by atoms with Crippen molar-refractivity contribution in [1.29, 1.82) is 0 Å². The molecule has 2 saturated heterocycles. The van der Waals surface area contributed by atoms with Crippen LogP contribution in [-0.2, 0) is 0 Å². The zero-order valence-corrected chi connectivity index (χ0v) is 12.3. The first-order valence-electron chi connectivity index (χ1n) is 6.94. The van der Waals surface area contributed by atoms with E-state index in [1.54, 1.807) is 0 Å². The lowest BCUT2D eigenvalue weighted by Crippen LogP contribution is -2.29. The predicted molar refractivity (Wildman–Crippen MR) is 80.2 cm³/mol. The molecule has 0 aliphatic carbocycles. The van der Waals surface area contributed by atoms with Crippen LogP contribution >= 0.6 is 12.4 Å². The first-order chi connectivity index (χ1) is 8.81. The number of benzene rings is 1. The number of likely N-dealkylation sites (tertiary alicyclic amines) is 1. The van der Waals surface area contributed by atoms with Gasteiger partial charge in [0.05, 0.1) is 0 Å². The number of ether oxygens (including phenoxy) is 1. The minimum Gasteiger partial charge on any atom is -0.492 e. The van der Waals surface area contributed by atoms with Crippen LogP contribution in [0.15, 0.2) is 24.3 Å². The molecule has 0 aromatic heterocycles. The van der Waals surface area contributed by atoms with Crippen LogP contribution in [0.2, 0.25) is 0 Å². The lowest BCUT2D eigenvalue weighted by molar-refractivity contribution is 0.228. The van der Waals surface area contributed by atoms with Gasteiger partial charge in [-0.15, -0.1) is 12.4 Å². The van der Waals surface area contributed by atoms with E-state index in [9.17, 15) is 0 Å². The smallest absolute Gasteiger partial charge is 0.119 e. The fraction of sp³-hybridized carbons (Fsp3) is 0.600. The summed E-state index contributed by atoms with van der Waals surface area (Å²) in [7, 11) is 0. The van der Waals surface area contributed by atoms with Crippen LogP contribution in [0.25, 0.3) is 0 Å². The summed E-state index contributed by atoms with van der Waals surface area (Å²) in [5, 5.41) is 3.48. The lowest BCUT2D eigenvalue weighted by Gasteiger charge is -2.17. The third-order valence-electron chi connectivity index (χ3n) is 4.13. The van der Waals surface area contributed by atoms with Crippen LogP contribution in [0.5, 0.6) is 5.75 Å². The number of hydrogen-bond acceptors (Lipinski definition) is 3. The zero-order chi connectivity index (χ0) is 12.4. The molecular weight excluding hydrogens is 260 g/mol. The number of nitrogens with zero attached hydrogens (tertiary/aromatic N) is 1. The van der Waals surface area contributed by atoms with Crippen LogP contribution < -0.4 is 10.1 Å². The van der Waals surface area contributed by atoms with E-state index in [2.05, 4.69) is 35.3 Å². The maximum absolute atomic E-state index is 5.81. The molecule has 2 aliphatic heterocycles. The molecule has 19 heavy (non-hydrogen) atoms. The summed E-state index contributed by atoms with van der Waals surface area (Å²) in [6.45, 7) is 8.86. The predicted octanol–water partition coefficient (Wildman–Crippen LogP) is 1.95. The summed E-state index contributed by atoms with van der Waals surface area (Å²) >= 11 is 0. The van der Waals surface area contributed by atoms with Crippen LogP contribution in [0.3, 0.4) is 0 Å². The molecule has 3 rings (SSSR count). The monoisotopic (exact) mass is 282 g/mol. The molecular formula is C15H23ClN2O. The number of hydrogen-bond donors (Lipinski definition) is 1. The Labute approximate surface area is 121 Å². The van der Waals surface area contributed by atoms with Crippen molar-refractivity contribution < 1.29 is 4.74 Å². The molecule has 2 atom stereocenters. The molecule has 4 heteroatoms. The molecule has 0 amide bonds. The van der Waals surface area contributed by atoms with Gasteiger partial charge in [0.15, 0.2) is 0 Å². The van der Waals surface area contributed by atoms with Gasteiger partial charge in [0.1, 0.15) is 12.4 Å². The Kier molecular flexibility index (Phi) is 5.08. The molecule has 0 spiro atoms. The van der Waals surface area contributed by atoms with Gasteiger partial charge in [-0.25, -0.2) is 0 Å². The molecule has 0 bridgehead atoms. The molecule has 0 radical (unpaired) electrons. The quantitative estimate of drug-likeness (QED) is 0.914. The highest BCUT2D eigenvalue weighted by molar-refractivity contribution is 5.85. The van der Waals surface area contributed by atoms with E-state index in [-0.39, 0.29) is 12.4 Å². The fourth-order valence-electron chi connectivity index (χ4n) is 3.13. The number of fused-ring (bicyclic) bond motifs is 1. The van der Waals surface area contributed by atoms with Crippen molar-refractivity contribution in [1.82, 2.24) is 10.2 Å². The zero-order valence-electron chi connectivity index (χ0n) is 11.5. The van der Waals surface area contributed by atoms with Gasteiger partial charge in [-0.3, -0.25) is 4.90 Å². The molecule has 106 valence electrons. The highest BCUT2D eigenvalue weighted by Gasteiger charge is 2.35. The Morgan fingerprint density at radius 3 is 2.68 bits per heavy atom. The van der Waals surface area contributed by atoms with Gasteiger partial charge >= 0.3 is 0 Å². The van der Waals surface area contributed by atoms with Crippen molar-refractivity contribution in [2.24, 2.45) is 11.8 Å². The third kappa shape index (κ3) is 3.62. The molecule has 3 nitrogen and oxygen atoms in total. The maximum Gasteiger partial charge on any atom is 0.119 e. The number of nitrogens with one attached hydrogen (secondary N) is 1. The molecule has 1 N–H and O–H groups in total. The Balaban J connectivity index is 0.00000133. The summed E-state index contributed by atoms with van der Waals surface area (Å²) in [5.74, 6) is 2.75. The SMILES string of the molecule is Cc1cccc(OCCN2C[C@H]3CNC[C@H]3C2)c1.Cl. The third-order valence-corrected chi connectivity index (χ3v) is 4.13. The van der Waals surface area contributed by atoms with E-state index in [0.717, 1.165) is 30.7 Å². The van der Waals surface area contributed by atoms with Gasteiger partial charge in [-0.1, -0.05) is 12.1 Å². The first kappa shape index (κ1) is 14.6. The highest BCUT2D eigenvalue weighted by Crippen LogP contribution is 2.25. The largest absolute Gasteiger partial charge is 0.492 e. The summed E-state index contributed by atoms with van der Waals surface area (Å²) < 4.78 is 5.81. The van der Waals surface area contributed by atoms with Crippen LogP contribution in [0.1, 0.15) is 5.56 Å². The minimum atomic E-state index is 0. The topological polar surface area (TPSA) is 24.5 Å². The average Bonchev–Trinajstić information content (AvgIpc) is 2.89. The number of rotatable bonds is 4. The minimum absolute atomic E-state index is 0. The Morgan fingerprint density at radius 1 is 1.26 bits per heavy atom. The van der Waals surface area contributed by atoms with E-state index in [1.807, 2.05) is 6.07 Å². The van der Waals surface area contributed by atoms with Gasteiger partial charge in [-0.2, -0.15) is 0 Å². The van der Waals surface area contributed by atoms with E-state index in [1.165, 1.54) is 31.7 Å². The van der Waals surface area contributed by atoms with Crippen molar-refractivity contribution in [3.8, 4) is 5.75 Å². The van der Waals surface area contributed by atoms with Crippen molar-refractivity contribution in [2.75, 3.05) is 39.3 Å². The Bertz CT molecular complexity index is 401. The Hall–Kier alpha value is -0.770. The second kappa shape index (κ2) is 6.60. The molecule has 2 fully saturated rings. The van der Waals surface area contributed by atoms with Crippen molar-refractivity contribution >= 4 is 12.4 Å². The second-order valence-corrected chi connectivity index (χ2v) is 5.60. The molecule has 1 aromatic rings. The van der Waals surface area contributed by atoms with Gasteiger partial charge in [0, 0.05) is 19.6 Å². The summed E-state index contributed by atoms with van der Waals surface area (Å²) in [6.07, 6.45) is 0. The lowest BCUT2D eigenvalue weighted by atomic mass is 10.0. The van der Waals surface area contributed by atoms with Crippen LogP contribution in [0, 0.1) is 18.8 Å². The number of halogens is 1. The first-order valence-corrected chi connectivity index (χ1v) is 6.94. The summed E-state index contributed by atoms with van der Waals surface area (Å²) in [4.78, 5) is 2.55. The van der Waals surface area contributed by atoms with Gasteiger partial charge in [0.25, 0.3) is 0 Å². The standard InChI is InChI=1S/C15H22N2O.ClH/c1-12-3-2-4-15(7-12)18-6-5-17-10-13-8-16-9-14(13)11-17;/h2-4,7,13-14,16H,5-6,8-11H2,1H3;1H/t13-,14+;. The molecule has 0 saturated carbocycles. The highest BCUT2D eigenvalue weighted by atomic mass is 35.5. The second-order valence-electron chi connectivity index (χ2n) is 5.60. The van der Waals surface area contributed by atoms with E-state index < -0.39 is 0 Å². The van der Waals surface area contributed by atoms with Gasteiger partial charge < -0.3 is 10.1 Å². The van der Waals surface area contributed by atoms with E-state index >= 15 is 0 Å². The summed E-state index contributed by atoms with van der Waals surface area (Å²) in [6, 6.07) is 8.29. The van der Waals surface area contributed by atoms with Gasteiger partial charge in [-0.05, 0) is 49.5 Å². The van der Waals surface area contributed by atoms with E-state index in [0.29, 0.717) is 0 Å². The van der Waals surface area contributed by atoms with Crippen LogP contribution in [-0.4, -0.2) is 44.2 Å².